The van der Waals surface area contributed by atoms with Gasteiger partial charge >= 0.3 is 0 Å². The molecule has 0 bridgehead atoms. The Bertz CT molecular complexity index is 735. The van der Waals surface area contributed by atoms with Crippen LogP contribution in [0.25, 0.3) is 0 Å². The molecule has 0 N–H and O–H groups in total. The Morgan fingerprint density at radius 1 is 1.08 bits per heavy atom. The lowest BCUT2D eigenvalue weighted by atomic mass is 9.73. The van der Waals surface area contributed by atoms with Gasteiger partial charge in [0.15, 0.2) is 0 Å². The van der Waals surface area contributed by atoms with E-state index in [0.717, 1.165) is 29.5 Å². The summed E-state index contributed by atoms with van der Waals surface area (Å²) >= 11 is 0. The van der Waals surface area contributed by atoms with Gasteiger partial charge in [0.1, 0.15) is 5.78 Å². The van der Waals surface area contributed by atoms with Gasteiger partial charge in [-0.3, -0.25) is 4.79 Å². The fourth-order valence-corrected chi connectivity index (χ4v) is 4.03. The summed E-state index contributed by atoms with van der Waals surface area (Å²) < 4.78 is 6.34. The quantitative estimate of drug-likeness (QED) is 0.688. The molecule has 0 radical (unpaired) electrons. The molecular weight excluding hydrogens is 308 g/mol. The Balaban J connectivity index is 1.94. The number of hydrogen-bond donors (Lipinski definition) is 0. The lowest BCUT2D eigenvalue weighted by molar-refractivity contribution is -0.128. The number of allylic oxidation sites excluding steroid dienone is 1. The van der Waals surface area contributed by atoms with Crippen molar-refractivity contribution in [1.82, 2.24) is 0 Å². The highest BCUT2D eigenvalue weighted by molar-refractivity contribution is 5.89. The second-order valence-corrected chi connectivity index (χ2v) is 7.16. The first-order valence-electron chi connectivity index (χ1n) is 8.91. The molecule has 1 saturated carbocycles. The molecule has 2 heteroatoms. The highest BCUT2D eigenvalue weighted by Gasteiger charge is 2.52. The van der Waals surface area contributed by atoms with Crippen LogP contribution in [-0.2, 0) is 21.6 Å². The molecule has 0 amide bonds. The fraction of sp³-hybridized carbons (Fsp3) is 0.348. The number of hydrogen-bond acceptors (Lipinski definition) is 2. The van der Waals surface area contributed by atoms with Crippen LogP contribution >= 0.6 is 0 Å². The molecule has 1 aliphatic rings. The van der Waals surface area contributed by atoms with E-state index in [-0.39, 0.29) is 11.9 Å². The van der Waals surface area contributed by atoms with Crippen molar-refractivity contribution >= 4 is 5.78 Å². The lowest BCUT2D eigenvalue weighted by Gasteiger charge is -2.33. The summed E-state index contributed by atoms with van der Waals surface area (Å²) in [4.78, 5) is 12.8. The Labute approximate surface area is 150 Å². The van der Waals surface area contributed by atoms with Crippen LogP contribution in [0.5, 0.6) is 0 Å². The summed E-state index contributed by atoms with van der Waals surface area (Å²) in [6.07, 6.45) is 1.49. The molecule has 1 fully saturated rings. The summed E-state index contributed by atoms with van der Waals surface area (Å²) in [5.41, 5.74) is 2.74. The van der Waals surface area contributed by atoms with Crippen LogP contribution in [0.2, 0.25) is 0 Å². The summed E-state index contributed by atoms with van der Waals surface area (Å²) in [6.45, 7) is 8.42. The minimum atomic E-state index is -0.584. The predicted molar refractivity (Wildman–Crippen MR) is 101 cm³/mol. The van der Waals surface area contributed by atoms with Crippen molar-refractivity contribution in [2.45, 2.75) is 44.8 Å². The molecule has 3 rings (SSSR count). The number of Topliss-reactive ketones (excluding diaryl/α,β-unsaturated/α-hetero) is 1. The van der Waals surface area contributed by atoms with Gasteiger partial charge in [-0.15, -0.1) is 0 Å². The van der Waals surface area contributed by atoms with E-state index in [2.05, 4.69) is 37.8 Å². The first-order chi connectivity index (χ1) is 12.0. The fourth-order valence-electron chi connectivity index (χ4n) is 4.03. The zero-order chi connectivity index (χ0) is 17.9. The molecule has 1 aliphatic carbocycles. The van der Waals surface area contributed by atoms with Crippen molar-refractivity contribution in [2.24, 2.45) is 5.92 Å². The molecule has 0 saturated heterocycles. The van der Waals surface area contributed by atoms with E-state index in [1.54, 1.807) is 6.92 Å². The number of benzene rings is 2. The van der Waals surface area contributed by atoms with E-state index in [1.165, 1.54) is 0 Å². The maximum Gasteiger partial charge on any atom is 0.142 e. The first-order valence-corrected chi connectivity index (χ1v) is 8.91. The molecule has 25 heavy (non-hydrogen) atoms. The van der Waals surface area contributed by atoms with Crippen molar-refractivity contribution in [3.05, 3.63) is 83.9 Å². The van der Waals surface area contributed by atoms with Crippen LogP contribution in [-0.4, -0.2) is 11.9 Å². The predicted octanol–water partition coefficient (Wildman–Crippen LogP) is 5.08. The van der Waals surface area contributed by atoms with Crippen molar-refractivity contribution < 1.29 is 9.53 Å². The minimum absolute atomic E-state index is 0.130. The zero-order valence-electron chi connectivity index (χ0n) is 15.1. The Hall–Kier alpha value is -2.19. The van der Waals surface area contributed by atoms with E-state index in [1.807, 2.05) is 36.4 Å². The molecule has 0 spiro atoms. The maximum absolute atomic E-state index is 12.8. The maximum atomic E-state index is 12.8. The van der Waals surface area contributed by atoms with Crippen LogP contribution in [0.15, 0.2) is 72.8 Å². The number of rotatable bonds is 6. The second-order valence-electron chi connectivity index (χ2n) is 7.16. The second kappa shape index (κ2) is 7.37. The summed E-state index contributed by atoms with van der Waals surface area (Å²) in [5.74, 6) is 0.491. The minimum Gasteiger partial charge on any atom is -0.372 e. The Morgan fingerprint density at radius 2 is 1.68 bits per heavy atom. The van der Waals surface area contributed by atoms with Crippen LogP contribution in [0, 0.1) is 5.92 Å². The molecule has 0 aromatic heterocycles. The third kappa shape index (κ3) is 3.45. The van der Waals surface area contributed by atoms with Gasteiger partial charge in [-0.2, -0.15) is 0 Å². The lowest BCUT2D eigenvalue weighted by Crippen LogP contribution is -2.43. The van der Waals surface area contributed by atoms with Crippen molar-refractivity contribution in [1.29, 1.82) is 0 Å². The van der Waals surface area contributed by atoms with Gasteiger partial charge in [-0.1, -0.05) is 72.8 Å². The van der Waals surface area contributed by atoms with Gasteiger partial charge in [0.2, 0.25) is 0 Å². The van der Waals surface area contributed by atoms with Gasteiger partial charge in [-0.05, 0) is 43.7 Å². The van der Waals surface area contributed by atoms with E-state index < -0.39 is 5.41 Å². The average Bonchev–Trinajstić information content (AvgIpc) is 3.03. The monoisotopic (exact) mass is 334 g/mol. The molecule has 130 valence electrons. The number of ether oxygens (including phenoxy) is 1. The molecule has 3 atom stereocenters. The summed E-state index contributed by atoms with van der Waals surface area (Å²) in [6, 6.07) is 20.3. The van der Waals surface area contributed by atoms with Gasteiger partial charge in [0.25, 0.3) is 0 Å². The van der Waals surface area contributed by atoms with E-state index in [4.69, 9.17) is 4.74 Å². The smallest absolute Gasteiger partial charge is 0.142 e. The van der Waals surface area contributed by atoms with Crippen LogP contribution in [0.4, 0.5) is 0 Å². The van der Waals surface area contributed by atoms with E-state index in [0.29, 0.717) is 12.5 Å². The van der Waals surface area contributed by atoms with Gasteiger partial charge < -0.3 is 4.74 Å². The first kappa shape index (κ1) is 17.6. The molecular formula is C23H26O2. The molecule has 2 aromatic rings. The van der Waals surface area contributed by atoms with Gasteiger partial charge in [0.05, 0.1) is 18.1 Å². The standard InChI is InChI=1S/C23H26O2/c1-17(2)20-14-22(25-16-19-10-6-4-7-11-19)23(15-20,18(3)24)21-12-8-5-9-13-21/h4-13,20,22H,1,14-16H2,2-3H3/t20-,22+,23+/m0/s1. The summed E-state index contributed by atoms with van der Waals surface area (Å²) in [5, 5.41) is 0. The van der Waals surface area contributed by atoms with Crippen LogP contribution in [0.3, 0.4) is 0 Å². The van der Waals surface area contributed by atoms with Crippen LogP contribution in [0.1, 0.15) is 37.8 Å². The van der Waals surface area contributed by atoms with Crippen molar-refractivity contribution in [2.75, 3.05) is 0 Å². The Kier molecular flexibility index (Phi) is 5.19. The topological polar surface area (TPSA) is 26.3 Å². The average molecular weight is 334 g/mol. The number of ketones is 1. The SMILES string of the molecule is C=C(C)[C@H]1C[C@@H](OCc2ccccc2)[C@](C(C)=O)(c2ccccc2)C1. The van der Waals surface area contributed by atoms with Crippen molar-refractivity contribution in [3.8, 4) is 0 Å². The molecule has 0 heterocycles. The third-order valence-electron chi connectivity index (χ3n) is 5.52. The normalized spacial score (nSPS) is 25.7. The van der Waals surface area contributed by atoms with E-state index in [9.17, 15) is 4.79 Å². The van der Waals surface area contributed by atoms with Gasteiger partial charge in [-0.25, -0.2) is 0 Å². The zero-order valence-corrected chi connectivity index (χ0v) is 15.1. The summed E-state index contributed by atoms with van der Waals surface area (Å²) in [7, 11) is 0. The van der Waals surface area contributed by atoms with Gasteiger partial charge in [0, 0.05) is 0 Å². The highest BCUT2D eigenvalue weighted by Crippen LogP contribution is 2.48. The Morgan fingerprint density at radius 3 is 2.24 bits per heavy atom. The molecule has 0 unspecified atom stereocenters. The number of carbonyl (C=O) groups excluding carboxylic acids is 1. The highest BCUT2D eigenvalue weighted by atomic mass is 16.5. The third-order valence-corrected chi connectivity index (χ3v) is 5.52. The van der Waals surface area contributed by atoms with E-state index >= 15 is 0 Å². The molecule has 2 aromatic carbocycles. The number of carbonyl (C=O) groups is 1. The van der Waals surface area contributed by atoms with Crippen molar-refractivity contribution in [3.63, 3.8) is 0 Å². The largest absolute Gasteiger partial charge is 0.372 e. The molecule has 0 aliphatic heterocycles. The van der Waals surface area contributed by atoms with Crippen LogP contribution < -0.4 is 0 Å². The molecule has 2 nitrogen and oxygen atoms in total.